The zero-order chi connectivity index (χ0) is 13.2. The van der Waals surface area contributed by atoms with Gasteiger partial charge in [0, 0.05) is 17.2 Å². The predicted octanol–water partition coefficient (Wildman–Crippen LogP) is 3.08. The molecule has 0 bridgehead atoms. The maximum absolute atomic E-state index is 12.0. The molecule has 0 unspecified atom stereocenters. The summed E-state index contributed by atoms with van der Waals surface area (Å²) in [5.74, 6) is -0.280. The molecule has 0 atom stereocenters. The Balaban J connectivity index is 1.99. The number of hydrogen-bond acceptors (Lipinski definition) is 3. The number of carbonyl (C=O) groups is 2. The van der Waals surface area contributed by atoms with E-state index in [9.17, 15) is 9.59 Å². The number of esters is 1. The Morgan fingerprint density at radius 1 is 0.895 bits per heavy atom. The lowest BCUT2D eigenvalue weighted by atomic mass is 10.1. The van der Waals surface area contributed by atoms with Crippen LogP contribution < -0.4 is 0 Å². The second-order valence-electron chi connectivity index (χ2n) is 4.17. The second-order valence-corrected chi connectivity index (χ2v) is 4.17. The Hall–Kier alpha value is -2.68. The van der Waals surface area contributed by atoms with E-state index >= 15 is 0 Å². The molecule has 1 aliphatic heterocycles. The fraction of sp³-hybridized carbons (Fsp3) is 0. The van der Waals surface area contributed by atoms with Gasteiger partial charge in [0.2, 0.25) is 0 Å². The molecule has 0 saturated carbocycles. The number of fused-ring (bicyclic) bond motifs is 1. The van der Waals surface area contributed by atoms with Gasteiger partial charge in [-0.05, 0) is 6.07 Å². The van der Waals surface area contributed by atoms with E-state index in [-0.39, 0.29) is 5.78 Å². The molecule has 0 aliphatic carbocycles. The minimum atomic E-state index is -0.414. The van der Waals surface area contributed by atoms with Gasteiger partial charge in [-0.15, -0.1) is 0 Å². The highest BCUT2D eigenvalue weighted by Crippen LogP contribution is 2.29. The van der Waals surface area contributed by atoms with Crippen LogP contribution in [0, 0.1) is 0 Å². The number of carbonyl (C=O) groups excluding carboxylic acids is 2. The van der Waals surface area contributed by atoms with Gasteiger partial charge >= 0.3 is 5.97 Å². The minimum Gasteiger partial charge on any atom is -0.422 e. The van der Waals surface area contributed by atoms with Gasteiger partial charge in [0.05, 0.1) is 5.56 Å². The van der Waals surface area contributed by atoms with Crippen molar-refractivity contribution >= 4 is 17.5 Å². The number of cyclic esters (lactones) is 1. The van der Waals surface area contributed by atoms with Crippen LogP contribution in [-0.2, 0) is 4.74 Å². The third-order valence-electron chi connectivity index (χ3n) is 2.94. The molecular weight excluding hydrogens is 240 g/mol. The molecule has 0 N–H and O–H groups in total. The Morgan fingerprint density at radius 3 is 2.26 bits per heavy atom. The van der Waals surface area contributed by atoms with Crippen molar-refractivity contribution in [2.75, 3.05) is 0 Å². The predicted molar refractivity (Wildman–Crippen MR) is 70.6 cm³/mol. The quantitative estimate of drug-likeness (QED) is 0.467. The van der Waals surface area contributed by atoms with Crippen molar-refractivity contribution in [3.05, 3.63) is 77.4 Å². The Morgan fingerprint density at radius 2 is 1.53 bits per heavy atom. The Kier molecular flexibility index (Phi) is 2.72. The van der Waals surface area contributed by atoms with Crippen molar-refractivity contribution in [3.63, 3.8) is 0 Å². The molecule has 19 heavy (non-hydrogen) atoms. The first kappa shape index (κ1) is 11.4. The zero-order valence-corrected chi connectivity index (χ0v) is 10.00. The van der Waals surface area contributed by atoms with Crippen molar-refractivity contribution in [3.8, 4) is 0 Å². The molecule has 2 aromatic carbocycles. The highest BCUT2D eigenvalue weighted by molar-refractivity contribution is 6.12. The third kappa shape index (κ3) is 2.06. The molecule has 0 radical (unpaired) electrons. The molecule has 0 saturated heterocycles. The highest BCUT2D eigenvalue weighted by atomic mass is 16.5. The number of ether oxygens (including phenoxy) is 1. The fourth-order valence-electron chi connectivity index (χ4n) is 2.00. The topological polar surface area (TPSA) is 43.4 Å². The van der Waals surface area contributed by atoms with Crippen molar-refractivity contribution in [1.82, 2.24) is 0 Å². The van der Waals surface area contributed by atoms with E-state index in [0.29, 0.717) is 22.4 Å². The van der Waals surface area contributed by atoms with Gasteiger partial charge in [0.1, 0.15) is 5.76 Å². The summed E-state index contributed by atoms with van der Waals surface area (Å²) in [6.07, 6.45) is 1.36. The molecular formula is C16H10O3. The molecule has 0 fully saturated rings. The van der Waals surface area contributed by atoms with Crippen LogP contribution >= 0.6 is 0 Å². The highest BCUT2D eigenvalue weighted by Gasteiger charge is 2.26. The van der Waals surface area contributed by atoms with Crippen LogP contribution in [0.25, 0.3) is 5.76 Å². The summed E-state index contributed by atoms with van der Waals surface area (Å²) in [5.41, 5.74) is 1.72. The van der Waals surface area contributed by atoms with Crippen LogP contribution in [0.4, 0.5) is 0 Å². The minimum absolute atomic E-state index is 0.180. The van der Waals surface area contributed by atoms with Crippen LogP contribution in [0.2, 0.25) is 0 Å². The summed E-state index contributed by atoms with van der Waals surface area (Å²) < 4.78 is 5.13. The first-order chi connectivity index (χ1) is 9.25. The third-order valence-corrected chi connectivity index (χ3v) is 2.94. The monoisotopic (exact) mass is 250 g/mol. The average Bonchev–Trinajstić information content (AvgIpc) is 2.77. The molecule has 1 heterocycles. The number of ketones is 1. The van der Waals surface area contributed by atoms with Gasteiger partial charge in [-0.25, -0.2) is 4.79 Å². The van der Waals surface area contributed by atoms with Gasteiger partial charge in [0.25, 0.3) is 0 Å². The molecule has 0 amide bonds. The standard InChI is InChI=1S/C16H10O3/c17-14(11-6-2-1-3-7-11)10-15-12-8-4-5-9-13(12)16(18)19-15/h1-10H/b15-10-. The van der Waals surface area contributed by atoms with Gasteiger partial charge < -0.3 is 4.74 Å². The van der Waals surface area contributed by atoms with Crippen LogP contribution in [-0.4, -0.2) is 11.8 Å². The molecule has 2 aromatic rings. The van der Waals surface area contributed by atoms with E-state index < -0.39 is 5.97 Å². The summed E-state index contributed by atoms with van der Waals surface area (Å²) in [6, 6.07) is 15.9. The zero-order valence-electron chi connectivity index (χ0n) is 10.00. The summed E-state index contributed by atoms with van der Waals surface area (Å²) in [5, 5.41) is 0. The summed E-state index contributed by atoms with van der Waals surface area (Å²) >= 11 is 0. The van der Waals surface area contributed by atoms with E-state index in [1.165, 1.54) is 6.08 Å². The van der Waals surface area contributed by atoms with Crippen molar-refractivity contribution in [2.45, 2.75) is 0 Å². The molecule has 3 nitrogen and oxygen atoms in total. The Bertz CT molecular complexity index is 684. The van der Waals surface area contributed by atoms with E-state index in [4.69, 9.17) is 4.74 Å². The Labute approximate surface area is 110 Å². The SMILES string of the molecule is O=C(/C=C1\OC(=O)c2ccccc21)c1ccccc1. The van der Waals surface area contributed by atoms with E-state index in [1.54, 1.807) is 42.5 Å². The lowest BCUT2D eigenvalue weighted by Crippen LogP contribution is -1.96. The summed E-state index contributed by atoms with van der Waals surface area (Å²) in [7, 11) is 0. The number of allylic oxidation sites excluding steroid dienone is 1. The normalized spacial score (nSPS) is 15.2. The molecule has 92 valence electrons. The van der Waals surface area contributed by atoms with Crippen LogP contribution in [0.15, 0.2) is 60.7 Å². The molecule has 1 aliphatic rings. The first-order valence-electron chi connectivity index (χ1n) is 5.88. The molecule has 0 aromatic heterocycles. The van der Waals surface area contributed by atoms with Crippen molar-refractivity contribution in [2.24, 2.45) is 0 Å². The summed E-state index contributed by atoms with van der Waals surface area (Å²) in [6.45, 7) is 0. The van der Waals surface area contributed by atoms with Crippen molar-refractivity contribution in [1.29, 1.82) is 0 Å². The van der Waals surface area contributed by atoms with Gasteiger partial charge in [-0.3, -0.25) is 4.79 Å². The fourth-order valence-corrected chi connectivity index (χ4v) is 2.00. The molecule has 0 spiro atoms. The van der Waals surface area contributed by atoms with Gasteiger partial charge in [-0.2, -0.15) is 0 Å². The van der Waals surface area contributed by atoms with E-state index in [0.717, 1.165) is 0 Å². The summed E-state index contributed by atoms with van der Waals surface area (Å²) in [4.78, 5) is 23.7. The maximum atomic E-state index is 12.0. The van der Waals surface area contributed by atoms with Gasteiger partial charge in [-0.1, -0.05) is 48.5 Å². The average molecular weight is 250 g/mol. The van der Waals surface area contributed by atoms with Crippen LogP contribution in [0.1, 0.15) is 26.3 Å². The van der Waals surface area contributed by atoms with Crippen LogP contribution in [0.5, 0.6) is 0 Å². The lowest BCUT2D eigenvalue weighted by molar-refractivity contribution is 0.0715. The second kappa shape index (κ2) is 4.53. The van der Waals surface area contributed by atoms with E-state index in [2.05, 4.69) is 0 Å². The van der Waals surface area contributed by atoms with Gasteiger partial charge in [0.15, 0.2) is 5.78 Å². The largest absolute Gasteiger partial charge is 0.422 e. The van der Waals surface area contributed by atoms with Crippen LogP contribution in [0.3, 0.4) is 0 Å². The van der Waals surface area contributed by atoms with E-state index in [1.807, 2.05) is 12.1 Å². The first-order valence-corrected chi connectivity index (χ1v) is 5.88. The molecule has 3 rings (SSSR count). The smallest absolute Gasteiger partial charge is 0.344 e. The number of benzene rings is 2. The number of hydrogen-bond donors (Lipinski definition) is 0. The number of rotatable bonds is 2. The lowest BCUT2D eigenvalue weighted by Gasteiger charge is -1.98. The maximum Gasteiger partial charge on any atom is 0.344 e. The van der Waals surface area contributed by atoms with Crippen molar-refractivity contribution < 1.29 is 14.3 Å². The molecule has 3 heteroatoms.